The maximum absolute atomic E-state index is 14.0. The van der Waals surface area contributed by atoms with Gasteiger partial charge in [-0.3, -0.25) is 9.48 Å². The minimum Gasteiger partial charge on any atom is -0.383 e. The number of nitrogen functional groups attached to an aromatic ring is 1. The lowest BCUT2D eigenvalue weighted by molar-refractivity contribution is 0.0638. The molecular formula is C27H25N7O. The third-order valence-corrected chi connectivity index (χ3v) is 6.89. The van der Waals surface area contributed by atoms with Gasteiger partial charge in [-0.15, -0.1) is 0 Å². The van der Waals surface area contributed by atoms with E-state index in [1.54, 1.807) is 10.9 Å². The van der Waals surface area contributed by atoms with Gasteiger partial charge in [0.25, 0.3) is 5.91 Å². The van der Waals surface area contributed by atoms with E-state index in [-0.39, 0.29) is 11.9 Å². The van der Waals surface area contributed by atoms with E-state index in [1.165, 1.54) is 11.1 Å². The van der Waals surface area contributed by atoms with Gasteiger partial charge in [-0.1, -0.05) is 30.3 Å². The van der Waals surface area contributed by atoms with Gasteiger partial charge in [0.2, 0.25) is 0 Å². The number of nitrogens with two attached hydrogens (primary N) is 1. The summed E-state index contributed by atoms with van der Waals surface area (Å²) < 4.78 is 1.78. The van der Waals surface area contributed by atoms with Gasteiger partial charge in [0, 0.05) is 37.8 Å². The summed E-state index contributed by atoms with van der Waals surface area (Å²) in [6, 6.07) is 17.8. The van der Waals surface area contributed by atoms with Crippen molar-refractivity contribution < 1.29 is 4.79 Å². The summed E-state index contributed by atoms with van der Waals surface area (Å²) in [6.07, 6.45) is 4.31. The highest BCUT2D eigenvalue weighted by Gasteiger charge is 2.32. The molecule has 8 heteroatoms. The molecular weight excluding hydrogens is 438 g/mol. The van der Waals surface area contributed by atoms with Crippen LogP contribution in [0.4, 0.5) is 11.6 Å². The maximum atomic E-state index is 14.0. The summed E-state index contributed by atoms with van der Waals surface area (Å²) in [6.45, 7) is 0.534. The van der Waals surface area contributed by atoms with Crippen molar-refractivity contribution in [3.05, 3.63) is 89.2 Å². The molecule has 2 aromatic carbocycles. The molecule has 8 nitrogen and oxygen atoms in total. The van der Waals surface area contributed by atoms with Crippen LogP contribution in [0, 0.1) is 0 Å². The lowest BCUT2D eigenvalue weighted by Gasteiger charge is -2.37. The van der Waals surface area contributed by atoms with E-state index in [9.17, 15) is 4.79 Å². The number of amides is 1. The first-order valence-electron chi connectivity index (χ1n) is 11.6. The van der Waals surface area contributed by atoms with Crippen molar-refractivity contribution in [3.63, 3.8) is 0 Å². The van der Waals surface area contributed by atoms with E-state index in [0.717, 1.165) is 39.6 Å². The molecule has 0 bridgehead atoms. The molecule has 1 aliphatic heterocycles. The Balaban J connectivity index is 1.45. The Labute approximate surface area is 202 Å². The van der Waals surface area contributed by atoms with Gasteiger partial charge in [-0.2, -0.15) is 5.10 Å². The molecule has 0 aliphatic carbocycles. The lowest BCUT2D eigenvalue weighted by Crippen LogP contribution is -2.39. The number of rotatable bonds is 3. The summed E-state index contributed by atoms with van der Waals surface area (Å²) in [5.41, 5.74) is 11.8. The molecule has 3 aromatic heterocycles. The number of carbonyl (C=O) groups is 1. The monoisotopic (exact) mass is 463 g/mol. The van der Waals surface area contributed by atoms with Crippen molar-refractivity contribution in [1.29, 1.82) is 0 Å². The molecule has 0 saturated heterocycles. The van der Waals surface area contributed by atoms with Crippen LogP contribution in [0.1, 0.15) is 33.1 Å². The second-order valence-corrected chi connectivity index (χ2v) is 8.91. The number of hydrogen-bond acceptors (Lipinski definition) is 6. The number of aromatic nitrogens is 4. The normalized spacial score (nSPS) is 15.4. The van der Waals surface area contributed by atoms with Gasteiger partial charge in [-0.25, -0.2) is 9.97 Å². The van der Waals surface area contributed by atoms with Crippen LogP contribution in [0.15, 0.2) is 67.0 Å². The molecule has 0 spiro atoms. The first kappa shape index (κ1) is 21.1. The van der Waals surface area contributed by atoms with Crippen LogP contribution in [0.2, 0.25) is 0 Å². The molecule has 0 fully saturated rings. The number of nitrogens with one attached hydrogen (secondary N) is 1. The lowest BCUT2D eigenvalue weighted by atomic mass is 9.90. The van der Waals surface area contributed by atoms with Gasteiger partial charge in [0.05, 0.1) is 28.7 Å². The number of aryl methyl sites for hydroxylation is 1. The molecule has 35 heavy (non-hydrogen) atoms. The van der Waals surface area contributed by atoms with Crippen LogP contribution in [0.25, 0.3) is 21.8 Å². The van der Waals surface area contributed by atoms with E-state index in [4.69, 9.17) is 5.73 Å². The Morgan fingerprint density at radius 3 is 2.66 bits per heavy atom. The predicted octanol–water partition coefficient (Wildman–Crippen LogP) is 4.08. The van der Waals surface area contributed by atoms with Crippen molar-refractivity contribution >= 4 is 39.3 Å². The van der Waals surface area contributed by atoms with Gasteiger partial charge >= 0.3 is 0 Å². The van der Waals surface area contributed by atoms with Crippen molar-refractivity contribution in [1.82, 2.24) is 24.6 Å². The highest BCUT2D eigenvalue weighted by molar-refractivity contribution is 6.10. The third kappa shape index (κ3) is 3.45. The molecule has 1 amide bonds. The number of fused-ring (bicyclic) bond motifs is 4. The average Bonchev–Trinajstić information content (AvgIpc) is 3.30. The van der Waals surface area contributed by atoms with Crippen molar-refractivity contribution in [2.75, 3.05) is 18.1 Å². The van der Waals surface area contributed by atoms with Crippen LogP contribution in [0.3, 0.4) is 0 Å². The number of anilines is 2. The van der Waals surface area contributed by atoms with E-state index >= 15 is 0 Å². The van der Waals surface area contributed by atoms with E-state index in [1.807, 2.05) is 61.6 Å². The van der Waals surface area contributed by atoms with Crippen LogP contribution in [-0.2, 0) is 20.0 Å². The van der Waals surface area contributed by atoms with Gasteiger partial charge in [-0.05, 0) is 47.4 Å². The second kappa shape index (κ2) is 8.09. The maximum Gasteiger partial charge on any atom is 0.254 e. The third-order valence-electron chi connectivity index (χ3n) is 6.89. The summed E-state index contributed by atoms with van der Waals surface area (Å²) >= 11 is 0. The zero-order valence-corrected chi connectivity index (χ0v) is 19.6. The molecule has 0 radical (unpaired) electrons. The molecule has 174 valence electrons. The largest absolute Gasteiger partial charge is 0.383 e. The highest BCUT2D eigenvalue weighted by Crippen LogP contribution is 2.35. The Kier molecular flexibility index (Phi) is 4.88. The van der Waals surface area contributed by atoms with Gasteiger partial charge < -0.3 is 16.0 Å². The van der Waals surface area contributed by atoms with E-state index < -0.39 is 0 Å². The Hall–Kier alpha value is -4.46. The smallest absolute Gasteiger partial charge is 0.254 e. The topological polar surface area (TPSA) is 102 Å². The summed E-state index contributed by atoms with van der Waals surface area (Å²) in [4.78, 5) is 25.0. The zero-order chi connectivity index (χ0) is 24.1. The summed E-state index contributed by atoms with van der Waals surface area (Å²) in [7, 11) is 3.71. The van der Waals surface area contributed by atoms with Crippen molar-refractivity contribution in [2.45, 2.75) is 19.0 Å². The minimum atomic E-state index is -0.118. The van der Waals surface area contributed by atoms with Crippen LogP contribution < -0.4 is 11.1 Å². The Bertz CT molecular complexity index is 1590. The SMILES string of the molecule is CNc1ccc(C2Cc3ccccc3CN2C(=O)c2ccc3nc(N)c4cnn(C)c4c3c2)cn1. The minimum absolute atomic E-state index is 0.0313. The number of carbonyl (C=O) groups excluding carboxylic acids is 1. The van der Waals surface area contributed by atoms with Crippen LogP contribution in [-0.4, -0.2) is 37.6 Å². The number of hydrogen-bond donors (Lipinski definition) is 2. The van der Waals surface area contributed by atoms with Crippen LogP contribution in [0.5, 0.6) is 0 Å². The van der Waals surface area contributed by atoms with Crippen LogP contribution >= 0.6 is 0 Å². The quantitative estimate of drug-likeness (QED) is 0.418. The highest BCUT2D eigenvalue weighted by atomic mass is 16.2. The molecule has 1 atom stereocenters. The Morgan fingerprint density at radius 2 is 1.89 bits per heavy atom. The average molecular weight is 464 g/mol. The zero-order valence-electron chi connectivity index (χ0n) is 19.6. The van der Waals surface area contributed by atoms with Crippen molar-refractivity contribution in [3.8, 4) is 0 Å². The fraction of sp³-hybridized carbons (Fsp3) is 0.185. The predicted molar refractivity (Wildman–Crippen MR) is 137 cm³/mol. The molecule has 5 aromatic rings. The fourth-order valence-electron chi connectivity index (χ4n) is 5.04. The van der Waals surface area contributed by atoms with E-state index in [2.05, 4.69) is 38.6 Å². The molecule has 6 rings (SSSR count). The molecule has 4 heterocycles. The number of pyridine rings is 2. The standard InChI is InChI=1S/C27H25N7O/c1-29-24-10-8-18(13-30-24)23-12-16-5-3-4-6-19(16)15-34(23)27(35)17-7-9-22-20(11-17)25-21(26(28)32-22)14-31-33(25)2/h3-11,13-14,23H,12,15H2,1-2H3,(H2,28,32)(H,29,30). The number of nitrogens with zero attached hydrogens (tertiary/aromatic N) is 5. The molecule has 1 aliphatic rings. The molecule has 1 unspecified atom stereocenters. The molecule has 3 N–H and O–H groups in total. The summed E-state index contributed by atoms with van der Waals surface area (Å²) in [5.74, 6) is 1.20. The Morgan fingerprint density at radius 1 is 1.06 bits per heavy atom. The van der Waals surface area contributed by atoms with Gasteiger partial charge in [0.1, 0.15) is 11.6 Å². The second-order valence-electron chi connectivity index (χ2n) is 8.91. The summed E-state index contributed by atoms with van der Waals surface area (Å²) in [5, 5.41) is 9.05. The first-order chi connectivity index (χ1) is 17.0. The van der Waals surface area contributed by atoms with Crippen molar-refractivity contribution in [2.24, 2.45) is 7.05 Å². The first-order valence-corrected chi connectivity index (χ1v) is 11.6. The van der Waals surface area contributed by atoms with E-state index in [0.29, 0.717) is 17.9 Å². The molecule has 0 saturated carbocycles. The number of benzene rings is 2. The fourth-order valence-corrected chi connectivity index (χ4v) is 5.04. The van der Waals surface area contributed by atoms with Gasteiger partial charge in [0.15, 0.2) is 0 Å².